The number of hydrogen-bond acceptors (Lipinski definition) is 4. The maximum absolute atomic E-state index is 12.9. The van der Waals surface area contributed by atoms with Crippen LogP contribution in [0, 0.1) is 0 Å². The Kier molecular flexibility index (Phi) is 5.81. The monoisotopic (exact) mass is 384 g/mol. The first-order valence-corrected chi connectivity index (χ1v) is 9.14. The van der Waals surface area contributed by atoms with Gasteiger partial charge in [-0.3, -0.25) is 4.79 Å². The van der Waals surface area contributed by atoms with Crippen molar-refractivity contribution in [2.75, 3.05) is 11.5 Å². The molecule has 3 rings (SSSR count). The summed E-state index contributed by atoms with van der Waals surface area (Å²) in [5, 5.41) is 3.77. The lowest BCUT2D eigenvalue weighted by molar-refractivity contribution is -0.137. The molecule has 27 heavy (non-hydrogen) atoms. The molecule has 0 radical (unpaired) electrons. The number of rotatable bonds is 6. The van der Waals surface area contributed by atoms with Crippen molar-refractivity contribution < 1.29 is 14.3 Å². The van der Waals surface area contributed by atoms with Gasteiger partial charge in [0.15, 0.2) is 0 Å². The molecule has 2 unspecified atom stereocenters. The highest BCUT2D eigenvalue weighted by Gasteiger charge is 2.48. The number of allylic oxidation sites excluding steroid dienone is 1. The summed E-state index contributed by atoms with van der Waals surface area (Å²) in [6.07, 6.45) is 1.36. The van der Waals surface area contributed by atoms with E-state index in [-0.39, 0.29) is 11.9 Å². The Morgan fingerprint density at radius 1 is 1.19 bits per heavy atom. The molecule has 140 valence electrons. The average molecular weight is 385 g/mol. The zero-order valence-corrected chi connectivity index (χ0v) is 15.9. The van der Waals surface area contributed by atoms with Crippen LogP contribution >= 0.6 is 11.6 Å². The molecule has 0 saturated carbocycles. The molecule has 1 heterocycles. The maximum Gasteiger partial charge on any atom is 0.332 e. The maximum atomic E-state index is 12.9. The van der Waals surface area contributed by atoms with E-state index in [1.807, 2.05) is 42.5 Å². The van der Waals surface area contributed by atoms with Crippen LogP contribution in [0.5, 0.6) is 0 Å². The molecule has 1 amide bonds. The van der Waals surface area contributed by atoms with Gasteiger partial charge in [-0.1, -0.05) is 41.9 Å². The lowest BCUT2D eigenvalue weighted by Crippen LogP contribution is -2.64. The number of halogens is 1. The number of hydrogen-bond donors (Lipinski definition) is 1. The van der Waals surface area contributed by atoms with E-state index in [0.717, 1.165) is 11.3 Å². The number of β-lactam (4-membered cyclic amide) rings is 1. The molecule has 0 spiro atoms. The fraction of sp³-hybridized carbons (Fsp3) is 0.238. The second-order valence-corrected chi connectivity index (χ2v) is 6.68. The molecule has 1 aliphatic rings. The van der Waals surface area contributed by atoms with E-state index in [0.29, 0.717) is 17.3 Å². The van der Waals surface area contributed by atoms with Gasteiger partial charge < -0.3 is 15.0 Å². The van der Waals surface area contributed by atoms with Gasteiger partial charge in [-0.25, -0.2) is 4.79 Å². The molecule has 2 atom stereocenters. The molecule has 1 aliphatic heterocycles. The van der Waals surface area contributed by atoms with Crippen molar-refractivity contribution in [1.82, 2.24) is 5.32 Å². The highest BCUT2D eigenvalue weighted by atomic mass is 35.5. The van der Waals surface area contributed by atoms with Crippen LogP contribution in [0.4, 0.5) is 5.69 Å². The fourth-order valence-corrected chi connectivity index (χ4v) is 3.28. The molecule has 0 aromatic heterocycles. The molecule has 6 heteroatoms. The van der Waals surface area contributed by atoms with Crippen LogP contribution < -0.4 is 10.2 Å². The minimum Gasteiger partial charge on any atom is -0.463 e. The smallest absolute Gasteiger partial charge is 0.332 e. The van der Waals surface area contributed by atoms with Crippen LogP contribution in [0.2, 0.25) is 5.02 Å². The van der Waals surface area contributed by atoms with Gasteiger partial charge >= 0.3 is 5.97 Å². The molecule has 1 saturated heterocycles. The summed E-state index contributed by atoms with van der Waals surface area (Å²) < 4.78 is 4.92. The van der Waals surface area contributed by atoms with Gasteiger partial charge in [-0.05, 0) is 43.7 Å². The third kappa shape index (κ3) is 4.14. The quantitative estimate of drug-likeness (QED) is 0.467. The Labute approximate surface area is 163 Å². The third-order valence-corrected chi connectivity index (χ3v) is 4.60. The van der Waals surface area contributed by atoms with E-state index >= 15 is 0 Å². The first-order valence-electron chi connectivity index (χ1n) is 8.76. The zero-order chi connectivity index (χ0) is 19.4. The first kappa shape index (κ1) is 19.0. The first-order chi connectivity index (χ1) is 13.0. The number of nitrogens with zero attached hydrogens (tertiary/aromatic N) is 1. The number of carbonyl (C=O) groups is 2. The Bertz CT molecular complexity index is 849. The molecule has 0 aliphatic carbocycles. The van der Waals surface area contributed by atoms with E-state index in [2.05, 4.69) is 5.32 Å². The average Bonchev–Trinajstić information content (AvgIpc) is 2.66. The number of benzene rings is 2. The summed E-state index contributed by atoms with van der Waals surface area (Å²) in [6, 6.07) is 16.3. The lowest BCUT2D eigenvalue weighted by atomic mass is 9.87. The van der Waals surface area contributed by atoms with Crippen molar-refractivity contribution in [2.45, 2.75) is 25.9 Å². The Hall–Kier alpha value is -2.79. The molecular formula is C21H21ClN2O3. The molecule has 2 aromatic rings. The van der Waals surface area contributed by atoms with Crippen molar-refractivity contribution in [2.24, 2.45) is 0 Å². The fourth-order valence-electron chi connectivity index (χ4n) is 3.16. The predicted molar refractivity (Wildman–Crippen MR) is 105 cm³/mol. The summed E-state index contributed by atoms with van der Waals surface area (Å²) in [7, 11) is 0. The SMILES string of the molecule is CCOC(=O)/C=C(\C)NC1C(=O)N(c2ccc(Cl)cc2)C1c1ccccc1. The van der Waals surface area contributed by atoms with E-state index < -0.39 is 12.0 Å². The van der Waals surface area contributed by atoms with Gasteiger partial charge in [0.1, 0.15) is 6.04 Å². The molecule has 0 bridgehead atoms. The van der Waals surface area contributed by atoms with Crippen molar-refractivity contribution in [3.8, 4) is 0 Å². The van der Waals surface area contributed by atoms with Crippen LogP contribution in [-0.2, 0) is 14.3 Å². The van der Waals surface area contributed by atoms with Crippen LogP contribution in [0.15, 0.2) is 66.4 Å². The van der Waals surface area contributed by atoms with Crippen molar-refractivity contribution in [3.63, 3.8) is 0 Å². The van der Waals surface area contributed by atoms with Gasteiger partial charge in [0.05, 0.1) is 12.6 Å². The summed E-state index contributed by atoms with van der Waals surface area (Å²) in [4.78, 5) is 26.2. The summed E-state index contributed by atoms with van der Waals surface area (Å²) >= 11 is 5.97. The lowest BCUT2D eigenvalue weighted by Gasteiger charge is -2.48. The molecule has 1 N–H and O–H groups in total. The van der Waals surface area contributed by atoms with E-state index in [1.54, 1.807) is 30.9 Å². The minimum atomic E-state index is -0.464. The highest BCUT2D eigenvalue weighted by molar-refractivity contribution is 6.30. The van der Waals surface area contributed by atoms with E-state index in [9.17, 15) is 9.59 Å². The molecular weight excluding hydrogens is 364 g/mol. The standard InChI is InChI=1S/C21H21ClN2O3/c1-3-27-18(25)13-14(2)23-19-20(15-7-5-4-6-8-15)24(21(19)26)17-11-9-16(22)10-12-17/h4-13,19-20,23H,3H2,1-2H3/b14-13+. The zero-order valence-electron chi connectivity index (χ0n) is 15.2. The van der Waals surface area contributed by atoms with Gasteiger partial charge in [0, 0.05) is 22.5 Å². The Morgan fingerprint density at radius 3 is 2.48 bits per heavy atom. The largest absolute Gasteiger partial charge is 0.463 e. The summed E-state index contributed by atoms with van der Waals surface area (Å²) in [5.74, 6) is -0.497. The highest BCUT2D eigenvalue weighted by Crippen LogP contribution is 2.39. The Morgan fingerprint density at radius 2 is 1.85 bits per heavy atom. The van der Waals surface area contributed by atoms with Crippen LogP contribution in [-0.4, -0.2) is 24.5 Å². The van der Waals surface area contributed by atoms with Gasteiger partial charge in [0.25, 0.3) is 5.91 Å². The number of esters is 1. The second-order valence-electron chi connectivity index (χ2n) is 6.24. The second kappa shape index (κ2) is 8.27. The summed E-state index contributed by atoms with van der Waals surface area (Å²) in [5.41, 5.74) is 2.38. The minimum absolute atomic E-state index is 0.0669. The predicted octanol–water partition coefficient (Wildman–Crippen LogP) is 3.85. The van der Waals surface area contributed by atoms with E-state index in [1.165, 1.54) is 6.08 Å². The van der Waals surface area contributed by atoms with Crippen molar-refractivity contribution in [3.05, 3.63) is 77.0 Å². The topological polar surface area (TPSA) is 58.6 Å². The number of amides is 1. The summed E-state index contributed by atoms with van der Waals surface area (Å²) in [6.45, 7) is 3.80. The number of nitrogens with one attached hydrogen (secondary N) is 1. The normalized spacial score (nSPS) is 19.4. The third-order valence-electron chi connectivity index (χ3n) is 4.35. The number of ether oxygens (including phenoxy) is 1. The number of carbonyl (C=O) groups excluding carboxylic acids is 2. The van der Waals surface area contributed by atoms with Gasteiger partial charge in [0.2, 0.25) is 0 Å². The van der Waals surface area contributed by atoms with Crippen LogP contribution in [0.3, 0.4) is 0 Å². The van der Waals surface area contributed by atoms with Crippen molar-refractivity contribution >= 4 is 29.2 Å². The van der Waals surface area contributed by atoms with Crippen LogP contribution in [0.25, 0.3) is 0 Å². The number of anilines is 1. The Balaban J connectivity index is 1.86. The van der Waals surface area contributed by atoms with Gasteiger partial charge in [-0.15, -0.1) is 0 Å². The van der Waals surface area contributed by atoms with Crippen LogP contribution in [0.1, 0.15) is 25.5 Å². The molecule has 1 fully saturated rings. The van der Waals surface area contributed by atoms with E-state index in [4.69, 9.17) is 16.3 Å². The van der Waals surface area contributed by atoms with Gasteiger partial charge in [-0.2, -0.15) is 0 Å². The van der Waals surface area contributed by atoms with Crippen molar-refractivity contribution in [1.29, 1.82) is 0 Å². The molecule has 5 nitrogen and oxygen atoms in total. The molecule has 2 aromatic carbocycles.